The lowest BCUT2D eigenvalue weighted by Gasteiger charge is -2.10. The fourth-order valence-electron chi connectivity index (χ4n) is 1.48. The van der Waals surface area contributed by atoms with Gasteiger partial charge < -0.3 is 25.7 Å². The summed E-state index contributed by atoms with van der Waals surface area (Å²) in [7, 11) is 1.65. The Balaban J connectivity index is 2.35. The van der Waals surface area contributed by atoms with E-state index in [1.165, 1.54) is 6.07 Å². The van der Waals surface area contributed by atoms with E-state index in [0.29, 0.717) is 37.9 Å². The van der Waals surface area contributed by atoms with Crippen molar-refractivity contribution in [3.05, 3.63) is 23.8 Å². The second kappa shape index (κ2) is 8.34. The Morgan fingerprint density at radius 3 is 2.68 bits per heavy atom. The van der Waals surface area contributed by atoms with Gasteiger partial charge >= 0.3 is 0 Å². The van der Waals surface area contributed by atoms with E-state index in [2.05, 4.69) is 0 Å². The van der Waals surface area contributed by atoms with Gasteiger partial charge in [0.2, 0.25) is 0 Å². The van der Waals surface area contributed by atoms with Gasteiger partial charge in [-0.1, -0.05) is 0 Å². The first kappa shape index (κ1) is 15.3. The fraction of sp³-hybridized carbons (Fsp3) is 0.462. The average molecular weight is 268 g/mol. The third-order valence-electron chi connectivity index (χ3n) is 2.39. The molecule has 0 saturated heterocycles. The number of primary amides is 1. The second-order valence-corrected chi connectivity index (χ2v) is 3.93. The summed E-state index contributed by atoms with van der Waals surface area (Å²) in [6, 6.07) is 4.78. The van der Waals surface area contributed by atoms with Crippen LogP contribution in [0.5, 0.6) is 5.75 Å². The molecule has 6 heteroatoms. The summed E-state index contributed by atoms with van der Waals surface area (Å²) in [6.07, 6.45) is 0.838. The van der Waals surface area contributed by atoms with Crippen LogP contribution in [0.3, 0.4) is 0 Å². The summed E-state index contributed by atoms with van der Waals surface area (Å²) < 4.78 is 15.7. The first-order chi connectivity index (χ1) is 9.15. The smallest absolute Gasteiger partial charge is 0.252 e. The Morgan fingerprint density at radius 2 is 2.00 bits per heavy atom. The van der Waals surface area contributed by atoms with E-state index in [1.54, 1.807) is 19.2 Å². The molecule has 106 valence electrons. The zero-order valence-corrected chi connectivity index (χ0v) is 11.1. The molecule has 1 amide bonds. The predicted molar refractivity (Wildman–Crippen MR) is 72.2 cm³/mol. The molecule has 0 spiro atoms. The molecule has 0 aliphatic heterocycles. The van der Waals surface area contributed by atoms with E-state index in [-0.39, 0.29) is 5.56 Å². The van der Waals surface area contributed by atoms with Crippen molar-refractivity contribution in [1.29, 1.82) is 0 Å². The molecule has 6 nitrogen and oxygen atoms in total. The molecule has 0 atom stereocenters. The predicted octanol–water partition coefficient (Wildman–Crippen LogP) is 0.800. The Labute approximate surface area is 112 Å². The number of carbonyl (C=O) groups is 1. The van der Waals surface area contributed by atoms with E-state index >= 15 is 0 Å². The molecule has 0 aliphatic carbocycles. The number of nitrogen functional groups attached to an aromatic ring is 1. The molecular weight excluding hydrogens is 248 g/mol. The number of amides is 1. The normalized spacial score (nSPS) is 10.4. The van der Waals surface area contributed by atoms with E-state index in [4.69, 9.17) is 25.7 Å². The first-order valence-electron chi connectivity index (χ1n) is 6.04. The van der Waals surface area contributed by atoms with Crippen molar-refractivity contribution in [2.75, 3.05) is 39.3 Å². The third kappa shape index (κ3) is 5.58. The zero-order valence-electron chi connectivity index (χ0n) is 11.1. The monoisotopic (exact) mass is 268 g/mol. The fourth-order valence-corrected chi connectivity index (χ4v) is 1.48. The molecule has 0 fully saturated rings. The van der Waals surface area contributed by atoms with Crippen LogP contribution in [0.4, 0.5) is 5.69 Å². The van der Waals surface area contributed by atoms with Gasteiger partial charge in [0, 0.05) is 26.0 Å². The van der Waals surface area contributed by atoms with E-state index in [9.17, 15) is 4.79 Å². The number of carbonyl (C=O) groups excluding carboxylic acids is 1. The van der Waals surface area contributed by atoms with E-state index in [1.807, 2.05) is 0 Å². The number of benzene rings is 1. The zero-order chi connectivity index (χ0) is 14.1. The molecular formula is C13H20N2O4. The van der Waals surface area contributed by atoms with Crippen LogP contribution in [0.1, 0.15) is 16.8 Å². The highest BCUT2D eigenvalue weighted by Gasteiger charge is 2.09. The quantitative estimate of drug-likeness (QED) is 0.510. The molecule has 0 aliphatic rings. The van der Waals surface area contributed by atoms with Crippen molar-refractivity contribution in [2.24, 2.45) is 5.73 Å². The summed E-state index contributed by atoms with van der Waals surface area (Å²) in [5.41, 5.74) is 11.6. The summed E-state index contributed by atoms with van der Waals surface area (Å²) in [5, 5.41) is 0. The highest BCUT2D eigenvalue weighted by atomic mass is 16.5. The number of nitrogens with two attached hydrogens (primary N) is 2. The van der Waals surface area contributed by atoms with Crippen LogP contribution in [-0.4, -0.2) is 39.4 Å². The molecule has 1 rings (SSSR count). The van der Waals surface area contributed by atoms with Gasteiger partial charge in [-0.25, -0.2) is 0 Å². The minimum absolute atomic E-state index is 0.277. The maximum atomic E-state index is 11.2. The van der Waals surface area contributed by atoms with E-state index < -0.39 is 5.91 Å². The Kier molecular flexibility index (Phi) is 6.70. The SMILES string of the molecule is COCCCOCCOc1ccc(N)cc1C(N)=O. The highest BCUT2D eigenvalue weighted by molar-refractivity contribution is 5.96. The van der Waals surface area contributed by atoms with Crippen molar-refractivity contribution in [3.63, 3.8) is 0 Å². The maximum Gasteiger partial charge on any atom is 0.252 e. The van der Waals surface area contributed by atoms with Crippen molar-refractivity contribution >= 4 is 11.6 Å². The van der Waals surface area contributed by atoms with Gasteiger partial charge in [-0.2, -0.15) is 0 Å². The minimum Gasteiger partial charge on any atom is -0.490 e. The summed E-state index contributed by atoms with van der Waals surface area (Å²) in [5.74, 6) is -0.148. The molecule has 0 radical (unpaired) electrons. The molecule has 19 heavy (non-hydrogen) atoms. The number of anilines is 1. The van der Waals surface area contributed by atoms with Gasteiger partial charge in [-0.3, -0.25) is 4.79 Å². The molecule has 4 N–H and O–H groups in total. The van der Waals surface area contributed by atoms with Crippen LogP contribution in [-0.2, 0) is 9.47 Å². The van der Waals surface area contributed by atoms with Crippen LogP contribution in [0.2, 0.25) is 0 Å². The van der Waals surface area contributed by atoms with Crippen LogP contribution in [0.25, 0.3) is 0 Å². The molecule has 0 unspecified atom stereocenters. The maximum absolute atomic E-state index is 11.2. The number of hydrogen-bond donors (Lipinski definition) is 2. The average Bonchev–Trinajstić information content (AvgIpc) is 2.39. The lowest BCUT2D eigenvalue weighted by molar-refractivity contribution is 0.0798. The van der Waals surface area contributed by atoms with Gasteiger partial charge in [0.1, 0.15) is 12.4 Å². The molecule has 0 heterocycles. The van der Waals surface area contributed by atoms with Crippen molar-refractivity contribution < 1.29 is 19.0 Å². The van der Waals surface area contributed by atoms with Crippen LogP contribution in [0.15, 0.2) is 18.2 Å². The van der Waals surface area contributed by atoms with Gasteiger partial charge in [-0.05, 0) is 24.6 Å². The number of methoxy groups -OCH3 is 1. The Bertz CT molecular complexity index is 410. The highest BCUT2D eigenvalue weighted by Crippen LogP contribution is 2.20. The minimum atomic E-state index is -0.566. The number of rotatable bonds is 9. The molecule has 0 aromatic heterocycles. The van der Waals surface area contributed by atoms with Crippen LogP contribution < -0.4 is 16.2 Å². The van der Waals surface area contributed by atoms with Crippen LogP contribution >= 0.6 is 0 Å². The standard InChI is InChI=1S/C13H20N2O4/c1-17-5-2-6-18-7-8-19-12-4-3-10(14)9-11(12)13(15)16/h3-4,9H,2,5-8,14H2,1H3,(H2,15,16). The van der Waals surface area contributed by atoms with Gasteiger partial charge in [-0.15, -0.1) is 0 Å². The molecule has 1 aromatic rings. The number of ether oxygens (including phenoxy) is 3. The number of hydrogen-bond acceptors (Lipinski definition) is 5. The summed E-state index contributed by atoms with van der Waals surface area (Å²) in [4.78, 5) is 11.2. The third-order valence-corrected chi connectivity index (χ3v) is 2.39. The Morgan fingerprint density at radius 1 is 1.21 bits per heavy atom. The summed E-state index contributed by atoms with van der Waals surface area (Å²) in [6.45, 7) is 2.07. The van der Waals surface area contributed by atoms with Crippen molar-refractivity contribution in [3.8, 4) is 5.75 Å². The van der Waals surface area contributed by atoms with Gasteiger partial charge in [0.15, 0.2) is 0 Å². The molecule has 0 saturated carbocycles. The van der Waals surface area contributed by atoms with Gasteiger partial charge in [0.05, 0.1) is 12.2 Å². The van der Waals surface area contributed by atoms with Crippen molar-refractivity contribution in [1.82, 2.24) is 0 Å². The van der Waals surface area contributed by atoms with Crippen molar-refractivity contribution in [2.45, 2.75) is 6.42 Å². The lowest BCUT2D eigenvalue weighted by atomic mass is 10.1. The largest absolute Gasteiger partial charge is 0.490 e. The van der Waals surface area contributed by atoms with E-state index in [0.717, 1.165) is 6.42 Å². The second-order valence-electron chi connectivity index (χ2n) is 3.93. The lowest BCUT2D eigenvalue weighted by Crippen LogP contribution is -2.15. The first-order valence-corrected chi connectivity index (χ1v) is 6.04. The summed E-state index contributed by atoms with van der Waals surface area (Å²) >= 11 is 0. The van der Waals surface area contributed by atoms with Gasteiger partial charge in [0.25, 0.3) is 5.91 Å². The topological polar surface area (TPSA) is 96.8 Å². The van der Waals surface area contributed by atoms with Crippen LogP contribution in [0, 0.1) is 0 Å². The molecule has 1 aromatic carbocycles. The molecule has 0 bridgehead atoms. The Hall–Kier alpha value is -1.79.